The molecule has 28 heavy (non-hydrogen) atoms. The summed E-state index contributed by atoms with van der Waals surface area (Å²) in [5, 5.41) is 3.77. The number of nitrogens with one attached hydrogen (secondary N) is 1. The van der Waals surface area contributed by atoms with E-state index in [0.717, 1.165) is 18.5 Å². The van der Waals surface area contributed by atoms with Crippen molar-refractivity contribution in [2.24, 2.45) is 5.92 Å². The van der Waals surface area contributed by atoms with Crippen LogP contribution in [0.2, 0.25) is 10.0 Å². The maximum absolute atomic E-state index is 12.8. The molecule has 1 aliphatic rings. The molecule has 0 bridgehead atoms. The lowest BCUT2D eigenvalue weighted by atomic mass is 9.96. The molecule has 7 heteroatoms. The van der Waals surface area contributed by atoms with Crippen molar-refractivity contribution in [2.45, 2.75) is 25.9 Å². The van der Waals surface area contributed by atoms with Crippen molar-refractivity contribution >= 4 is 40.7 Å². The van der Waals surface area contributed by atoms with Gasteiger partial charge in [-0.2, -0.15) is 0 Å². The van der Waals surface area contributed by atoms with E-state index >= 15 is 0 Å². The zero-order valence-electron chi connectivity index (χ0n) is 15.5. The van der Waals surface area contributed by atoms with Crippen molar-refractivity contribution in [1.82, 2.24) is 4.90 Å². The summed E-state index contributed by atoms with van der Waals surface area (Å²) < 4.78 is 5.72. The third-order valence-corrected chi connectivity index (χ3v) is 5.22. The van der Waals surface area contributed by atoms with Crippen molar-refractivity contribution < 1.29 is 14.3 Å². The Morgan fingerprint density at radius 1 is 1.18 bits per heavy atom. The van der Waals surface area contributed by atoms with Crippen LogP contribution in [0.3, 0.4) is 0 Å². The molecule has 0 saturated carbocycles. The first-order valence-corrected chi connectivity index (χ1v) is 9.96. The van der Waals surface area contributed by atoms with Gasteiger partial charge in [0.25, 0.3) is 5.91 Å². The number of carbonyl (C=O) groups is 2. The Morgan fingerprint density at radius 2 is 1.93 bits per heavy atom. The Morgan fingerprint density at radius 3 is 2.64 bits per heavy atom. The normalized spacial score (nSPS) is 17.7. The van der Waals surface area contributed by atoms with Crippen LogP contribution in [0.15, 0.2) is 48.5 Å². The predicted octanol–water partition coefficient (Wildman–Crippen LogP) is 4.64. The van der Waals surface area contributed by atoms with Gasteiger partial charge in [0.1, 0.15) is 5.75 Å². The summed E-state index contributed by atoms with van der Waals surface area (Å²) in [5.74, 6) is -0.0761. The zero-order chi connectivity index (χ0) is 20.1. The summed E-state index contributed by atoms with van der Waals surface area (Å²) in [4.78, 5) is 27.1. The van der Waals surface area contributed by atoms with Crippen LogP contribution in [-0.2, 0) is 9.59 Å². The number of likely N-dealkylation sites (tertiary alicyclic amines) is 1. The summed E-state index contributed by atoms with van der Waals surface area (Å²) in [5.41, 5.74) is 0.755. The molecule has 2 amide bonds. The topological polar surface area (TPSA) is 58.6 Å². The number of ether oxygens (including phenoxy) is 1. The molecular formula is C21H22Cl2N2O3. The van der Waals surface area contributed by atoms with Gasteiger partial charge in [0.05, 0.1) is 10.9 Å². The first-order chi connectivity index (χ1) is 13.4. The number of piperidine rings is 1. The molecule has 0 radical (unpaired) electrons. The van der Waals surface area contributed by atoms with E-state index in [1.165, 1.54) is 0 Å². The van der Waals surface area contributed by atoms with Crippen LogP contribution in [0.25, 0.3) is 0 Å². The van der Waals surface area contributed by atoms with Crippen LogP contribution in [0, 0.1) is 5.92 Å². The van der Waals surface area contributed by atoms with E-state index in [1.807, 2.05) is 30.3 Å². The Kier molecular flexibility index (Phi) is 6.81. The standard InChI is InChI=1S/C21H22Cl2N2O3/c1-14(28-19-10-9-16(22)12-18(19)23)21(27)25-11-5-6-15(13-25)20(26)24-17-7-3-2-4-8-17/h2-4,7-10,12,14-15H,5-6,11,13H2,1H3,(H,24,26)/t14-,15-/m1/s1. The fourth-order valence-electron chi connectivity index (χ4n) is 3.23. The Hall–Kier alpha value is -2.24. The van der Waals surface area contributed by atoms with Crippen LogP contribution < -0.4 is 10.1 Å². The predicted molar refractivity (Wildman–Crippen MR) is 111 cm³/mol. The fourth-order valence-corrected chi connectivity index (χ4v) is 3.68. The number of para-hydroxylation sites is 1. The second-order valence-corrected chi connectivity index (χ2v) is 7.66. The van der Waals surface area contributed by atoms with E-state index in [0.29, 0.717) is 28.9 Å². The highest BCUT2D eigenvalue weighted by Gasteiger charge is 2.31. The van der Waals surface area contributed by atoms with Crippen LogP contribution >= 0.6 is 23.2 Å². The van der Waals surface area contributed by atoms with Gasteiger partial charge in [0, 0.05) is 23.8 Å². The second kappa shape index (κ2) is 9.30. The van der Waals surface area contributed by atoms with Gasteiger partial charge in [0.2, 0.25) is 5.91 Å². The summed E-state index contributed by atoms with van der Waals surface area (Å²) in [6.45, 7) is 2.66. The molecule has 1 saturated heterocycles. The van der Waals surface area contributed by atoms with E-state index < -0.39 is 6.10 Å². The van der Waals surface area contributed by atoms with Crippen LogP contribution in [0.1, 0.15) is 19.8 Å². The molecule has 1 heterocycles. The lowest BCUT2D eigenvalue weighted by Crippen LogP contribution is -2.48. The summed E-state index contributed by atoms with van der Waals surface area (Å²) in [6, 6.07) is 14.2. The van der Waals surface area contributed by atoms with Gasteiger partial charge in [-0.15, -0.1) is 0 Å². The number of amides is 2. The highest BCUT2D eigenvalue weighted by molar-refractivity contribution is 6.35. The lowest BCUT2D eigenvalue weighted by molar-refractivity contribution is -0.140. The second-order valence-electron chi connectivity index (χ2n) is 6.81. The molecule has 0 aliphatic carbocycles. The molecule has 148 valence electrons. The minimum Gasteiger partial charge on any atom is -0.479 e. The van der Waals surface area contributed by atoms with Gasteiger partial charge in [0.15, 0.2) is 6.10 Å². The first kappa shape index (κ1) is 20.5. The number of hydrogen-bond acceptors (Lipinski definition) is 3. The minimum atomic E-state index is -0.713. The van der Waals surface area contributed by atoms with Gasteiger partial charge >= 0.3 is 0 Å². The average Bonchev–Trinajstić information content (AvgIpc) is 2.70. The van der Waals surface area contributed by atoms with Crippen molar-refractivity contribution in [3.05, 3.63) is 58.6 Å². The third kappa shape index (κ3) is 5.18. The third-order valence-electron chi connectivity index (χ3n) is 4.69. The number of anilines is 1. The Balaban J connectivity index is 1.59. The Bertz CT molecular complexity index is 845. The van der Waals surface area contributed by atoms with Crippen molar-refractivity contribution in [3.8, 4) is 5.75 Å². The zero-order valence-corrected chi connectivity index (χ0v) is 17.0. The van der Waals surface area contributed by atoms with Crippen molar-refractivity contribution in [1.29, 1.82) is 0 Å². The van der Waals surface area contributed by atoms with Crippen LogP contribution in [0.4, 0.5) is 5.69 Å². The summed E-state index contributed by atoms with van der Waals surface area (Å²) in [6.07, 6.45) is 0.808. The molecule has 2 atom stereocenters. The molecule has 1 N–H and O–H groups in total. The molecule has 1 fully saturated rings. The maximum atomic E-state index is 12.8. The summed E-state index contributed by atoms with van der Waals surface area (Å²) >= 11 is 12.0. The molecule has 0 spiro atoms. The number of rotatable bonds is 5. The van der Waals surface area contributed by atoms with Gasteiger partial charge in [-0.1, -0.05) is 41.4 Å². The first-order valence-electron chi connectivity index (χ1n) is 9.20. The molecule has 0 unspecified atom stereocenters. The molecular weight excluding hydrogens is 399 g/mol. The smallest absolute Gasteiger partial charge is 0.263 e. The minimum absolute atomic E-state index is 0.0713. The molecule has 3 rings (SSSR count). The quantitative estimate of drug-likeness (QED) is 0.766. The monoisotopic (exact) mass is 420 g/mol. The largest absolute Gasteiger partial charge is 0.479 e. The molecule has 2 aromatic rings. The number of hydrogen-bond donors (Lipinski definition) is 1. The molecule has 0 aromatic heterocycles. The highest BCUT2D eigenvalue weighted by atomic mass is 35.5. The van der Waals surface area contributed by atoms with Crippen molar-refractivity contribution in [2.75, 3.05) is 18.4 Å². The van der Waals surface area contributed by atoms with Gasteiger partial charge in [-0.3, -0.25) is 9.59 Å². The van der Waals surface area contributed by atoms with Gasteiger partial charge in [-0.25, -0.2) is 0 Å². The molecule has 2 aromatic carbocycles. The fraction of sp³-hybridized carbons (Fsp3) is 0.333. The number of carbonyl (C=O) groups excluding carboxylic acids is 2. The average molecular weight is 421 g/mol. The van der Waals surface area contributed by atoms with E-state index in [-0.39, 0.29) is 17.7 Å². The van der Waals surface area contributed by atoms with Gasteiger partial charge in [-0.05, 0) is 50.1 Å². The lowest BCUT2D eigenvalue weighted by Gasteiger charge is -2.33. The van der Waals surface area contributed by atoms with E-state index in [2.05, 4.69) is 5.32 Å². The van der Waals surface area contributed by atoms with Gasteiger partial charge < -0.3 is 15.0 Å². The maximum Gasteiger partial charge on any atom is 0.263 e. The Labute approximate surface area is 174 Å². The molecule has 5 nitrogen and oxygen atoms in total. The number of halogens is 2. The number of nitrogens with zero attached hydrogens (tertiary/aromatic N) is 1. The highest BCUT2D eigenvalue weighted by Crippen LogP contribution is 2.29. The van der Waals surface area contributed by atoms with Crippen LogP contribution in [-0.4, -0.2) is 35.9 Å². The van der Waals surface area contributed by atoms with E-state index in [1.54, 1.807) is 30.0 Å². The van der Waals surface area contributed by atoms with E-state index in [9.17, 15) is 9.59 Å². The molecule has 1 aliphatic heterocycles. The summed E-state index contributed by atoms with van der Waals surface area (Å²) in [7, 11) is 0. The van der Waals surface area contributed by atoms with Crippen molar-refractivity contribution in [3.63, 3.8) is 0 Å². The SMILES string of the molecule is C[C@@H](Oc1ccc(Cl)cc1Cl)C(=O)N1CCC[C@@H](C(=O)Nc2ccccc2)C1. The van der Waals surface area contributed by atoms with Crippen LogP contribution in [0.5, 0.6) is 5.75 Å². The van der Waals surface area contributed by atoms with E-state index in [4.69, 9.17) is 27.9 Å². The number of benzene rings is 2.